The zero-order chi connectivity index (χ0) is 14.8. The van der Waals surface area contributed by atoms with Crippen LogP contribution < -0.4 is 0 Å². The van der Waals surface area contributed by atoms with Gasteiger partial charge >= 0.3 is 12.1 Å². The lowest BCUT2D eigenvalue weighted by molar-refractivity contribution is -0.127. The summed E-state index contributed by atoms with van der Waals surface area (Å²) in [5, 5.41) is 9.09. The molecule has 104 valence electrons. The third-order valence-electron chi connectivity index (χ3n) is 2.83. The summed E-state index contributed by atoms with van der Waals surface area (Å²) in [5.74, 6) is -1.07. The molecule has 0 saturated heterocycles. The minimum Gasteiger partial charge on any atom is -0.478 e. The van der Waals surface area contributed by atoms with E-state index < -0.39 is 18.6 Å². The summed E-state index contributed by atoms with van der Waals surface area (Å²) >= 11 is 0. The van der Waals surface area contributed by atoms with Crippen LogP contribution in [0.4, 0.5) is 13.2 Å². The second kappa shape index (κ2) is 5.36. The highest BCUT2D eigenvalue weighted by molar-refractivity contribution is 5.95. The monoisotopic (exact) mass is 280 g/mol. The van der Waals surface area contributed by atoms with E-state index in [0.717, 1.165) is 0 Å². The Kier molecular flexibility index (Phi) is 3.79. The van der Waals surface area contributed by atoms with E-state index in [0.29, 0.717) is 11.1 Å². The van der Waals surface area contributed by atoms with E-state index in [2.05, 4.69) is 0 Å². The van der Waals surface area contributed by atoms with Crippen molar-refractivity contribution >= 4 is 5.97 Å². The number of aromatic carboxylic acids is 1. The summed E-state index contributed by atoms with van der Waals surface area (Å²) in [4.78, 5) is 11.1. The molecule has 0 aromatic heterocycles. The van der Waals surface area contributed by atoms with Gasteiger partial charge in [-0.05, 0) is 22.8 Å². The topological polar surface area (TPSA) is 37.3 Å². The van der Waals surface area contributed by atoms with Gasteiger partial charge in [-0.1, -0.05) is 42.5 Å². The minimum absolute atomic E-state index is 0.121. The highest BCUT2D eigenvalue weighted by Crippen LogP contribution is 2.26. The summed E-state index contributed by atoms with van der Waals surface area (Å²) in [5.41, 5.74) is 1.33. The summed E-state index contributed by atoms with van der Waals surface area (Å²) in [6.45, 7) is 0. The van der Waals surface area contributed by atoms with Gasteiger partial charge in [0.25, 0.3) is 0 Å². The van der Waals surface area contributed by atoms with E-state index in [1.54, 1.807) is 18.2 Å². The maximum Gasteiger partial charge on any atom is 0.393 e. The first-order chi connectivity index (χ1) is 9.37. The molecule has 0 atom stereocenters. The Balaban J connectivity index is 2.33. The number of rotatable bonds is 3. The van der Waals surface area contributed by atoms with Crippen molar-refractivity contribution in [3.63, 3.8) is 0 Å². The fourth-order valence-corrected chi connectivity index (χ4v) is 1.95. The highest BCUT2D eigenvalue weighted by Gasteiger charge is 2.27. The maximum absolute atomic E-state index is 12.3. The van der Waals surface area contributed by atoms with Crippen molar-refractivity contribution in [1.29, 1.82) is 0 Å². The number of halogens is 3. The number of hydrogen-bond donors (Lipinski definition) is 1. The molecule has 2 aromatic rings. The van der Waals surface area contributed by atoms with Crippen LogP contribution >= 0.6 is 0 Å². The standard InChI is InChI=1S/C15H11F3O2/c16-15(17,18)9-10-5-7-11(8-6-10)12-3-1-2-4-13(12)14(19)20/h1-8H,9H2,(H,19,20). The predicted molar refractivity (Wildman–Crippen MR) is 68.6 cm³/mol. The lowest BCUT2D eigenvalue weighted by atomic mass is 9.98. The van der Waals surface area contributed by atoms with Gasteiger partial charge in [0.05, 0.1) is 12.0 Å². The van der Waals surface area contributed by atoms with E-state index >= 15 is 0 Å². The van der Waals surface area contributed by atoms with Crippen molar-refractivity contribution in [3.05, 3.63) is 59.7 Å². The fraction of sp³-hybridized carbons (Fsp3) is 0.133. The van der Waals surface area contributed by atoms with Gasteiger partial charge in [-0.25, -0.2) is 4.79 Å². The molecule has 0 aliphatic heterocycles. The van der Waals surface area contributed by atoms with Crippen LogP contribution in [0.2, 0.25) is 0 Å². The Labute approximate surface area is 113 Å². The van der Waals surface area contributed by atoms with E-state index in [9.17, 15) is 18.0 Å². The van der Waals surface area contributed by atoms with Crippen LogP contribution in [-0.2, 0) is 6.42 Å². The smallest absolute Gasteiger partial charge is 0.393 e. The number of carboxylic acids is 1. The molecule has 0 aliphatic carbocycles. The minimum atomic E-state index is -4.25. The maximum atomic E-state index is 12.3. The van der Waals surface area contributed by atoms with E-state index in [-0.39, 0.29) is 11.1 Å². The van der Waals surface area contributed by atoms with E-state index in [1.165, 1.54) is 30.3 Å². The summed E-state index contributed by atoms with van der Waals surface area (Å²) in [6, 6.07) is 12.1. The molecule has 2 nitrogen and oxygen atoms in total. The Hall–Kier alpha value is -2.30. The lowest BCUT2D eigenvalue weighted by Crippen LogP contribution is -2.11. The molecule has 0 saturated carbocycles. The molecule has 0 radical (unpaired) electrons. The number of carbonyl (C=O) groups is 1. The molecule has 0 spiro atoms. The zero-order valence-corrected chi connectivity index (χ0v) is 10.3. The quantitative estimate of drug-likeness (QED) is 0.916. The van der Waals surface area contributed by atoms with Crippen molar-refractivity contribution in [1.82, 2.24) is 0 Å². The Bertz CT molecular complexity index is 616. The van der Waals surface area contributed by atoms with Gasteiger partial charge in [0.15, 0.2) is 0 Å². The average molecular weight is 280 g/mol. The van der Waals surface area contributed by atoms with E-state index in [4.69, 9.17) is 5.11 Å². The van der Waals surface area contributed by atoms with Crippen molar-refractivity contribution < 1.29 is 23.1 Å². The van der Waals surface area contributed by atoms with Gasteiger partial charge in [0, 0.05) is 0 Å². The van der Waals surface area contributed by atoms with Gasteiger partial charge in [-0.2, -0.15) is 13.2 Å². The molecule has 0 heterocycles. The van der Waals surface area contributed by atoms with Crippen LogP contribution in [0.5, 0.6) is 0 Å². The molecule has 2 aromatic carbocycles. The van der Waals surface area contributed by atoms with Crippen LogP contribution in [0.3, 0.4) is 0 Å². The van der Waals surface area contributed by atoms with Crippen LogP contribution in [0, 0.1) is 0 Å². The third-order valence-corrected chi connectivity index (χ3v) is 2.83. The predicted octanol–water partition coefficient (Wildman–Crippen LogP) is 4.16. The number of carboxylic acid groups (broad SMARTS) is 1. The van der Waals surface area contributed by atoms with Gasteiger partial charge < -0.3 is 5.11 Å². The van der Waals surface area contributed by atoms with Crippen molar-refractivity contribution in [2.45, 2.75) is 12.6 Å². The summed E-state index contributed by atoms with van der Waals surface area (Å²) in [7, 11) is 0. The van der Waals surface area contributed by atoms with Crippen molar-refractivity contribution in [2.75, 3.05) is 0 Å². The van der Waals surface area contributed by atoms with E-state index in [1.807, 2.05) is 0 Å². The molecule has 0 fully saturated rings. The molecular formula is C15H11F3O2. The first kappa shape index (κ1) is 14.1. The molecule has 1 N–H and O–H groups in total. The highest BCUT2D eigenvalue weighted by atomic mass is 19.4. The first-order valence-electron chi connectivity index (χ1n) is 5.85. The normalized spacial score (nSPS) is 11.3. The SMILES string of the molecule is O=C(O)c1ccccc1-c1ccc(CC(F)(F)F)cc1. The van der Waals surface area contributed by atoms with Crippen LogP contribution in [0.1, 0.15) is 15.9 Å². The second-order valence-electron chi connectivity index (χ2n) is 4.34. The molecule has 0 unspecified atom stereocenters. The molecule has 0 bridgehead atoms. The molecule has 0 amide bonds. The summed E-state index contributed by atoms with van der Waals surface area (Å²) < 4.78 is 36.8. The molecular weight excluding hydrogens is 269 g/mol. The average Bonchev–Trinajstić information content (AvgIpc) is 2.38. The largest absolute Gasteiger partial charge is 0.478 e. The Morgan fingerprint density at radius 1 is 1.00 bits per heavy atom. The van der Waals surface area contributed by atoms with Crippen molar-refractivity contribution in [3.8, 4) is 11.1 Å². The van der Waals surface area contributed by atoms with Gasteiger partial charge in [0.1, 0.15) is 0 Å². The molecule has 0 aliphatic rings. The number of hydrogen-bond acceptors (Lipinski definition) is 1. The number of benzene rings is 2. The van der Waals surface area contributed by atoms with Gasteiger partial charge in [0.2, 0.25) is 0 Å². The zero-order valence-electron chi connectivity index (χ0n) is 10.3. The molecule has 5 heteroatoms. The van der Waals surface area contributed by atoms with Crippen molar-refractivity contribution in [2.24, 2.45) is 0 Å². The van der Waals surface area contributed by atoms with Gasteiger partial charge in [-0.3, -0.25) is 0 Å². The number of alkyl halides is 3. The van der Waals surface area contributed by atoms with Crippen LogP contribution in [-0.4, -0.2) is 17.3 Å². The summed E-state index contributed by atoms with van der Waals surface area (Å²) in [6.07, 6.45) is -5.24. The lowest BCUT2D eigenvalue weighted by Gasteiger charge is -2.09. The molecule has 2 rings (SSSR count). The van der Waals surface area contributed by atoms with Crippen LogP contribution in [0.25, 0.3) is 11.1 Å². The first-order valence-corrected chi connectivity index (χ1v) is 5.85. The Morgan fingerprint density at radius 3 is 2.15 bits per heavy atom. The third kappa shape index (κ3) is 3.38. The Morgan fingerprint density at radius 2 is 1.60 bits per heavy atom. The second-order valence-corrected chi connectivity index (χ2v) is 4.34. The van der Waals surface area contributed by atoms with Crippen LogP contribution in [0.15, 0.2) is 48.5 Å². The fourth-order valence-electron chi connectivity index (χ4n) is 1.95. The van der Waals surface area contributed by atoms with Gasteiger partial charge in [-0.15, -0.1) is 0 Å². The molecule has 20 heavy (non-hydrogen) atoms.